The van der Waals surface area contributed by atoms with Gasteiger partial charge in [-0.05, 0) is 49.2 Å². The third-order valence-electron chi connectivity index (χ3n) is 3.64. The minimum absolute atomic E-state index is 0.0587. The summed E-state index contributed by atoms with van der Waals surface area (Å²) >= 11 is 1.22. The second-order valence-electron chi connectivity index (χ2n) is 5.57. The van der Waals surface area contributed by atoms with E-state index in [4.69, 9.17) is 4.74 Å². The molecule has 26 heavy (non-hydrogen) atoms. The summed E-state index contributed by atoms with van der Waals surface area (Å²) < 4.78 is 45.0. The molecule has 0 aliphatic heterocycles. The van der Waals surface area contributed by atoms with Gasteiger partial charge in [0.15, 0.2) is 0 Å². The summed E-state index contributed by atoms with van der Waals surface area (Å²) in [6.07, 6.45) is 0. The molecule has 0 bridgehead atoms. The summed E-state index contributed by atoms with van der Waals surface area (Å²) in [5.41, 5.74) is 1.83. The fourth-order valence-electron chi connectivity index (χ4n) is 2.04. The van der Waals surface area contributed by atoms with Crippen LogP contribution in [-0.4, -0.2) is 33.3 Å². The van der Waals surface area contributed by atoms with Crippen molar-refractivity contribution >= 4 is 27.8 Å². The third kappa shape index (κ3) is 5.82. The van der Waals surface area contributed by atoms with Crippen molar-refractivity contribution in [3.8, 4) is 0 Å². The maximum absolute atomic E-state index is 13.4. The first kappa shape index (κ1) is 20.4. The van der Waals surface area contributed by atoms with E-state index in [0.717, 1.165) is 11.1 Å². The average Bonchev–Trinajstić information content (AvgIpc) is 2.60. The first-order valence-corrected chi connectivity index (χ1v) is 10.4. The van der Waals surface area contributed by atoms with E-state index in [1.54, 1.807) is 30.3 Å². The SMILES string of the molecule is Cc1ccc(S(=O)(=O)NCC(=O)OCCSc2ccccc2F)cc1C. The second-order valence-corrected chi connectivity index (χ2v) is 8.47. The predicted octanol–water partition coefficient (Wildman–Crippen LogP) is 3.06. The Morgan fingerprint density at radius 2 is 1.88 bits per heavy atom. The van der Waals surface area contributed by atoms with Gasteiger partial charge in [0.1, 0.15) is 19.0 Å². The fourth-order valence-corrected chi connectivity index (χ4v) is 3.86. The van der Waals surface area contributed by atoms with Gasteiger partial charge in [0.25, 0.3) is 0 Å². The van der Waals surface area contributed by atoms with Crippen molar-refractivity contribution in [2.45, 2.75) is 23.6 Å². The zero-order valence-electron chi connectivity index (χ0n) is 14.5. The molecule has 0 aromatic heterocycles. The summed E-state index contributed by atoms with van der Waals surface area (Å²) in [4.78, 5) is 12.3. The first-order valence-electron chi connectivity index (χ1n) is 7.89. The van der Waals surface area contributed by atoms with Crippen molar-refractivity contribution in [3.05, 3.63) is 59.4 Å². The Kier molecular flexibility index (Phi) is 7.19. The van der Waals surface area contributed by atoms with Crippen LogP contribution in [0.2, 0.25) is 0 Å². The molecule has 0 aliphatic rings. The van der Waals surface area contributed by atoms with E-state index in [2.05, 4.69) is 4.72 Å². The summed E-state index contributed by atoms with van der Waals surface area (Å²) in [7, 11) is -3.78. The number of carbonyl (C=O) groups excluding carboxylic acids is 1. The lowest BCUT2D eigenvalue weighted by molar-refractivity contribution is -0.141. The molecule has 0 aliphatic carbocycles. The number of hydrogen-bond acceptors (Lipinski definition) is 5. The summed E-state index contributed by atoms with van der Waals surface area (Å²) in [6, 6.07) is 11.1. The van der Waals surface area contributed by atoms with Gasteiger partial charge in [-0.3, -0.25) is 4.79 Å². The van der Waals surface area contributed by atoms with Gasteiger partial charge in [0.05, 0.1) is 4.90 Å². The highest BCUT2D eigenvalue weighted by Gasteiger charge is 2.16. The summed E-state index contributed by atoms with van der Waals surface area (Å²) in [5, 5.41) is 0. The third-order valence-corrected chi connectivity index (χ3v) is 6.05. The van der Waals surface area contributed by atoms with Gasteiger partial charge in [-0.1, -0.05) is 18.2 Å². The molecule has 0 saturated heterocycles. The molecule has 0 heterocycles. The molecule has 0 radical (unpaired) electrons. The Morgan fingerprint density at radius 3 is 2.58 bits per heavy atom. The maximum atomic E-state index is 13.4. The Labute approximate surface area is 157 Å². The quantitative estimate of drug-likeness (QED) is 0.421. The van der Waals surface area contributed by atoms with Crippen molar-refractivity contribution in [2.75, 3.05) is 18.9 Å². The number of thioether (sulfide) groups is 1. The van der Waals surface area contributed by atoms with Crippen LogP contribution in [0.4, 0.5) is 4.39 Å². The summed E-state index contributed by atoms with van der Waals surface area (Å²) in [5.74, 6) is -0.646. The standard InChI is InChI=1S/C18H20FNO4S2/c1-13-7-8-15(11-14(13)2)26(22,23)20-12-18(21)24-9-10-25-17-6-4-3-5-16(17)19/h3-8,11,20H,9-10,12H2,1-2H3. The molecule has 5 nitrogen and oxygen atoms in total. The Balaban J connectivity index is 1.77. The van der Waals surface area contributed by atoms with Crippen molar-refractivity contribution in [3.63, 3.8) is 0 Å². The maximum Gasteiger partial charge on any atom is 0.321 e. The van der Waals surface area contributed by atoms with Crippen LogP contribution in [0, 0.1) is 19.7 Å². The number of ether oxygens (including phenoxy) is 1. The summed E-state index contributed by atoms with van der Waals surface area (Å²) in [6.45, 7) is 3.30. The van der Waals surface area contributed by atoms with Crippen LogP contribution in [0.15, 0.2) is 52.3 Å². The normalized spacial score (nSPS) is 11.3. The van der Waals surface area contributed by atoms with Crippen molar-refractivity contribution in [2.24, 2.45) is 0 Å². The molecular weight excluding hydrogens is 377 g/mol. The fraction of sp³-hybridized carbons (Fsp3) is 0.278. The van der Waals surface area contributed by atoms with E-state index < -0.39 is 22.5 Å². The van der Waals surface area contributed by atoms with Gasteiger partial charge in [-0.25, -0.2) is 12.8 Å². The highest BCUT2D eigenvalue weighted by atomic mass is 32.2. The molecular formula is C18H20FNO4S2. The molecule has 0 spiro atoms. The molecule has 0 unspecified atom stereocenters. The number of carbonyl (C=O) groups is 1. The van der Waals surface area contributed by atoms with E-state index in [1.807, 2.05) is 13.8 Å². The van der Waals surface area contributed by atoms with Crippen LogP contribution in [-0.2, 0) is 19.6 Å². The van der Waals surface area contributed by atoms with Gasteiger partial charge in [-0.2, -0.15) is 4.72 Å². The predicted molar refractivity (Wildman–Crippen MR) is 99.2 cm³/mol. The monoisotopic (exact) mass is 397 g/mol. The largest absolute Gasteiger partial charge is 0.464 e. The topological polar surface area (TPSA) is 72.5 Å². The van der Waals surface area contributed by atoms with E-state index in [1.165, 1.54) is 23.9 Å². The van der Waals surface area contributed by atoms with Gasteiger partial charge in [0.2, 0.25) is 10.0 Å². The highest BCUT2D eigenvalue weighted by molar-refractivity contribution is 7.99. The zero-order valence-corrected chi connectivity index (χ0v) is 16.1. The number of rotatable bonds is 8. The lowest BCUT2D eigenvalue weighted by Gasteiger charge is -2.09. The van der Waals surface area contributed by atoms with Gasteiger partial charge >= 0.3 is 5.97 Å². The molecule has 0 saturated carbocycles. The number of nitrogens with one attached hydrogen (secondary N) is 1. The molecule has 0 atom stereocenters. The number of hydrogen-bond donors (Lipinski definition) is 1. The molecule has 1 N–H and O–H groups in total. The van der Waals surface area contributed by atoms with E-state index in [-0.39, 0.29) is 17.3 Å². The molecule has 2 aromatic carbocycles. The number of halogens is 1. The van der Waals surface area contributed by atoms with Crippen LogP contribution in [0.5, 0.6) is 0 Å². The van der Waals surface area contributed by atoms with Gasteiger partial charge in [0, 0.05) is 10.6 Å². The lowest BCUT2D eigenvalue weighted by atomic mass is 10.1. The van der Waals surface area contributed by atoms with Crippen molar-refractivity contribution in [1.29, 1.82) is 0 Å². The van der Waals surface area contributed by atoms with Crippen LogP contribution in [0.25, 0.3) is 0 Å². The van der Waals surface area contributed by atoms with Crippen LogP contribution in [0.1, 0.15) is 11.1 Å². The minimum atomic E-state index is -3.78. The number of esters is 1. The van der Waals surface area contributed by atoms with E-state index in [0.29, 0.717) is 10.6 Å². The highest BCUT2D eigenvalue weighted by Crippen LogP contribution is 2.20. The number of aryl methyl sites for hydroxylation is 2. The molecule has 140 valence electrons. The lowest BCUT2D eigenvalue weighted by Crippen LogP contribution is -2.31. The van der Waals surface area contributed by atoms with Crippen LogP contribution >= 0.6 is 11.8 Å². The Bertz CT molecular complexity index is 885. The van der Waals surface area contributed by atoms with Crippen molar-refractivity contribution < 1.29 is 22.3 Å². The average molecular weight is 397 g/mol. The van der Waals surface area contributed by atoms with Gasteiger partial charge in [-0.15, -0.1) is 11.8 Å². The molecule has 2 aromatic rings. The van der Waals surface area contributed by atoms with Crippen LogP contribution < -0.4 is 4.72 Å². The molecule has 8 heteroatoms. The smallest absolute Gasteiger partial charge is 0.321 e. The number of benzene rings is 2. The van der Waals surface area contributed by atoms with Crippen molar-refractivity contribution in [1.82, 2.24) is 4.72 Å². The molecule has 0 amide bonds. The van der Waals surface area contributed by atoms with E-state index in [9.17, 15) is 17.6 Å². The second kappa shape index (κ2) is 9.16. The Morgan fingerprint density at radius 1 is 1.15 bits per heavy atom. The van der Waals surface area contributed by atoms with Crippen LogP contribution in [0.3, 0.4) is 0 Å². The van der Waals surface area contributed by atoms with Gasteiger partial charge < -0.3 is 4.74 Å². The first-order chi connectivity index (χ1) is 12.3. The molecule has 0 fully saturated rings. The van der Waals surface area contributed by atoms with E-state index >= 15 is 0 Å². The minimum Gasteiger partial charge on any atom is -0.464 e. The Hall–Kier alpha value is -1.90. The zero-order chi connectivity index (χ0) is 19.2. The molecule has 2 rings (SSSR count). The number of sulfonamides is 1.